The molecule has 4 nitrogen and oxygen atoms in total. The summed E-state index contributed by atoms with van der Waals surface area (Å²) in [6.07, 6.45) is 10.1. The zero-order chi connectivity index (χ0) is 26.0. The van der Waals surface area contributed by atoms with Crippen LogP contribution in [0.15, 0.2) is 40.2 Å². The maximum absolute atomic E-state index is 13.7. The molecule has 0 radical (unpaired) electrons. The third kappa shape index (κ3) is 5.78. The number of Topliss-reactive ketones (excluding diaryl/α,β-unsaturated/α-hetero) is 1. The van der Waals surface area contributed by atoms with Gasteiger partial charge in [0.05, 0.1) is 5.70 Å². The van der Waals surface area contributed by atoms with Gasteiger partial charge in [-0.3, -0.25) is 9.79 Å². The Labute approximate surface area is 214 Å². The number of carbonyl (C=O) groups excluding carboxylic acids is 1. The molecule has 3 aliphatic carbocycles. The number of hydrogen-bond acceptors (Lipinski definition) is 4. The van der Waals surface area contributed by atoms with Gasteiger partial charge in [-0.05, 0) is 91.9 Å². The van der Waals surface area contributed by atoms with Gasteiger partial charge in [-0.1, -0.05) is 60.6 Å². The van der Waals surface area contributed by atoms with Crippen molar-refractivity contribution in [2.75, 3.05) is 13.1 Å². The average molecular weight is 483 g/mol. The Bertz CT molecular complexity index is 909. The molecule has 35 heavy (non-hydrogen) atoms. The first-order valence-corrected chi connectivity index (χ1v) is 14.1. The molecule has 0 aromatic heterocycles. The molecule has 3 rings (SSSR count). The summed E-state index contributed by atoms with van der Waals surface area (Å²) in [6.45, 7) is 21.7. The summed E-state index contributed by atoms with van der Waals surface area (Å²) < 4.78 is 0. The minimum absolute atomic E-state index is 0.0707. The number of aliphatic hydroxyl groups excluding tert-OH is 1. The van der Waals surface area contributed by atoms with Crippen LogP contribution >= 0.6 is 0 Å². The molecular weight excluding hydrogens is 432 g/mol. The van der Waals surface area contributed by atoms with E-state index < -0.39 is 0 Å². The molecule has 0 aliphatic heterocycles. The molecule has 3 aliphatic rings. The van der Waals surface area contributed by atoms with E-state index in [1.165, 1.54) is 24.8 Å². The van der Waals surface area contributed by atoms with Crippen molar-refractivity contribution < 1.29 is 9.90 Å². The molecule has 0 spiro atoms. The highest BCUT2D eigenvalue weighted by molar-refractivity contribution is 6.50. The molecule has 0 aromatic rings. The number of nitrogens with one attached hydrogen (secondary N) is 1. The number of aliphatic hydroxyl groups is 1. The van der Waals surface area contributed by atoms with Crippen LogP contribution in [0.25, 0.3) is 0 Å². The lowest BCUT2D eigenvalue weighted by Crippen LogP contribution is -2.51. The molecule has 0 bridgehead atoms. The van der Waals surface area contributed by atoms with Gasteiger partial charge in [-0.15, -0.1) is 0 Å². The molecule has 2 fully saturated rings. The SMILES string of the molecule is C=C1CCCC2C1(C)CCC(C)C2(C)CC1=C(O)C(NCCC(C)C)=CC(=NCCC(C)C)C1=O. The van der Waals surface area contributed by atoms with Crippen molar-refractivity contribution >= 4 is 11.5 Å². The van der Waals surface area contributed by atoms with E-state index in [0.29, 0.717) is 53.6 Å². The number of rotatable bonds is 9. The van der Waals surface area contributed by atoms with Crippen LogP contribution in [-0.4, -0.2) is 29.7 Å². The van der Waals surface area contributed by atoms with E-state index in [1.807, 2.05) is 0 Å². The number of nitrogens with zero attached hydrogens (tertiary/aromatic N) is 1. The van der Waals surface area contributed by atoms with E-state index in [0.717, 1.165) is 32.2 Å². The minimum atomic E-state index is -0.0870. The Balaban J connectivity index is 1.97. The van der Waals surface area contributed by atoms with E-state index in [1.54, 1.807) is 6.08 Å². The number of hydrogen-bond donors (Lipinski definition) is 2. The summed E-state index contributed by atoms with van der Waals surface area (Å²) >= 11 is 0. The van der Waals surface area contributed by atoms with Crippen molar-refractivity contribution in [1.29, 1.82) is 0 Å². The second-order valence-corrected chi connectivity index (χ2v) is 12.9. The molecule has 4 heteroatoms. The predicted octanol–water partition coefficient (Wildman–Crippen LogP) is 7.58. The van der Waals surface area contributed by atoms with Gasteiger partial charge in [0.2, 0.25) is 5.78 Å². The number of ketones is 1. The summed E-state index contributed by atoms with van der Waals surface area (Å²) in [5.74, 6) is 2.10. The average Bonchev–Trinajstić information content (AvgIpc) is 2.78. The van der Waals surface area contributed by atoms with Crippen LogP contribution < -0.4 is 5.32 Å². The van der Waals surface area contributed by atoms with Gasteiger partial charge in [-0.25, -0.2) is 0 Å². The maximum Gasteiger partial charge on any atom is 0.210 e. The molecule has 4 atom stereocenters. The fourth-order valence-electron chi connectivity index (χ4n) is 6.70. The first-order valence-electron chi connectivity index (χ1n) is 14.1. The van der Waals surface area contributed by atoms with Crippen molar-refractivity contribution in [1.82, 2.24) is 5.32 Å². The molecule has 0 amide bonds. The highest BCUT2D eigenvalue weighted by Gasteiger charge is 2.54. The van der Waals surface area contributed by atoms with Crippen LogP contribution in [0.1, 0.15) is 99.8 Å². The number of aliphatic imine (C=N–C) groups is 1. The number of fused-ring (bicyclic) bond motifs is 1. The second kappa shape index (κ2) is 11.0. The summed E-state index contributed by atoms with van der Waals surface area (Å²) in [5.41, 5.74) is 3.14. The fraction of sp³-hybridized carbons (Fsp3) is 0.742. The van der Waals surface area contributed by atoms with Gasteiger partial charge in [0.25, 0.3) is 0 Å². The third-order valence-corrected chi connectivity index (χ3v) is 9.48. The standard InChI is InChI=1S/C31H50N2O2/c1-20(2)13-16-32-25-18-26(33-17-14-21(3)4)29(35)24(28(25)34)19-31(8)23(6)12-15-30(7)22(5)10-9-11-27(30)31/h18,20-21,23,27,32,34H,5,9-17,19H2,1-4,6-8H3. The highest BCUT2D eigenvalue weighted by atomic mass is 16.3. The van der Waals surface area contributed by atoms with E-state index >= 15 is 0 Å². The largest absolute Gasteiger partial charge is 0.505 e. The summed E-state index contributed by atoms with van der Waals surface area (Å²) in [4.78, 5) is 18.4. The number of allylic oxidation sites excluding steroid dienone is 3. The van der Waals surface area contributed by atoms with Crippen molar-refractivity contribution in [2.45, 2.75) is 99.8 Å². The van der Waals surface area contributed by atoms with E-state index in [2.05, 4.69) is 60.4 Å². The minimum Gasteiger partial charge on any atom is -0.505 e. The zero-order valence-corrected chi connectivity index (χ0v) is 23.5. The normalized spacial score (nSPS) is 32.9. The van der Waals surface area contributed by atoms with E-state index in [-0.39, 0.29) is 22.4 Å². The van der Waals surface area contributed by atoms with Gasteiger partial charge in [0.1, 0.15) is 11.5 Å². The van der Waals surface area contributed by atoms with E-state index in [9.17, 15) is 9.90 Å². The van der Waals surface area contributed by atoms with Gasteiger partial charge < -0.3 is 10.4 Å². The maximum atomic E-state index is 13.7. The second-order valence-electron chi connectivity index (χ2n) is 12.9. The quantitative estimate of drug-likeness (QED) is 0.263. The number of carbonyl (C=O) groups is 1. The Kier molecular flexibility index (Phi) is 8.76. The Hall–Kier alpha value is -1.84. The lowest BCUT2D eigenvalue weighted by atomic mass is 9.46. The Morgan fingerprint density at radius 3 is 2.51 bits per heavy atom. The molecule has 196 valence electrons. The fourth-order valence-corrected chi connectivity index (χ4v) is 6.70. The van der Waals surface area contributed by atoms with Crippen LogP contribution in [-0.2, 0) is 4.79 Å². The van der Waals surface area contributed by atoms with Crippen LogP contribution in [0.5, 0.6) is 0 Å². The highest BCUT2D eigenvalue weighted by Crippen LogP contribution is 2.63. The van der Waals surface area contributed by atoms with Crippen molar-refractivity contribution in [3.05, 3.63) is 35.3 Å². The zero-order valence-electron chi connectivity index (χ0n) is 23.5. The molecule has 0 aromatic carbocycles. The predicted molar refractivity (Wildman–Crippen MR) is 148 cm³/mol. The Morgan fingerprint density at radius 1 is 1.17 bits per heavy atom. The lowest BCUT2D eigenvalue weighted by molar-refractivity contribution is -0.111. The van der Waals surface area contributed by atoms with E-state index in [4.69, 9.17) is 4.99 Å². The lowest BCUT2D eigenvalue weighted by Gasteiger charge is -2.59. The summed E-state index contributed by atoms with van der Waals surface area (Å²) in [7, 11) is 0. The monoisotopic (exact) mass is 482 g/mol. The van der Waals surface area contributed by atoms with Crippen LogP contribution in [0.4, 0.5) is 0 Å². The third-order valence-electron chi connectivity index (χ3n) is 9.48. The van der Waals surface area contributed by atoms with Crippen LogP contribution in [0.2, 0.25) is 0 Å². The van der Waals surface area contributed by atoms with Gasteiger partial charge in [-0.2, -0.15) is 0 Å². The first-order chi connectivity index (χ1) is 16.4. The van der Waals surface area contributed by atoms with Crippen LogP contribution in [0, 0.1) is 34.5 Å². The van der Waals surface area contributed by atoms with Gasteiger partial charge >= 0.3 is 0 Å². The smallest absolute Gasteiger partial charge is 0.210 e. The molecule has 2 N–H and O–H groups in total. The van der Waals surface area contributed by atoms with Crippen LogP contribution in [0.3, 0.4) is 0 Å². The molecule has 0 saturated heterocycles. The summed E-state index contributed by atoms with van der Waals surface area (Å²) in [5, 5.41) is 14.8. The van der Waals surface area contributed by atoms with Crippen molar-refractivity contribution in [2.24, 2.45) is 39.5 Å². The molecular formula is C31H50N2O2. The molecule has 0 heterocycles. The topological polar surface area (TPSA) is 61.7 Å². The molecule has 2 saturated carbocycles. The van der Waals surface area contributed by atoms with Crippen molar-refractivity contribution in [3.63, 3.8) is 0 Å². The van der Waals surface area contributed by atoms with Crippen molar-refractivity contribution in [3.8, 4) is 0 Å². The Morgan fingerprint density at radius 2 is 1.86 bits per heavy atom. The van der Waals surface area contributed by atoms with Gasteiger partial charge in [0, 0.05) is 18.7 Å². The summed E-state index contributed by atoms with van der Waals surface area (Å²) in [6, 6.07) is 0. The van der Waals surface area contributed by atoms with Gasteiger partial charge in [0.15, 0.2) is 0 Å². The first kappa shape index (κ1) is 27.7. The molecule has 4 unspecified atom stereocenters.